The number of ketones is 1. The maximum absolute atomic E-state index is 12.6. The minimum absolute atomic E-state index is 0.200. The van der Waals surface area contributed by atoms with Crippen LogP contribution in [0.15, 0.2) is 18.2 Å². The molecule has 136 valence electrons. The first-order valence-corrected chi connectivity index (χ1v) is 8.45. The molecule has 1 heterocycles. The van der Waals surface area contributed by atoms with Gasteiger partial charge < -0.3 is 20.1 Å². The summed E-state index contributed by atoms with van der Waals surface area (Å²) in [6.45, 7) is 2.79. The number of piperidine rings is 1. The Hall–Kier alpha value is -2.57. The van der Waals surface area contributed by atoms with Gasteiger partial charge in [0.15, 0.2) is 11.5 Å². The average Bonchev–Trinajstić information content (AvgIpc) is 2.64. The van der Waals surface area contributed by atoms with Gasteiger partial charge in [-0.2, -0.15) is 0 Å². The Morgan fingerprint density at radius 2 is 2.00 bits per heavy atom. The molecule has 1 saturated heterocycles. The number of benzene rings is 1. The third-order valence-electron chi connectivity index (χ3n) is 4.17. The molecular weight excluding hydrogens is 324 g/mol. The zero-order valence-corrected chi connectivity index (χ0v) is 14.6. The molecule has 2 amide bonds. The van der Waals surface area contributed by atoms with Gasteiger partial charge in [-0.3, -0.25) is 14.4 Å². The van der Waals surface area contributed by atoms with Crippen molar-refractivity contribution < 1.29 is 23.9 Å². The number of nitrogens with two attached hydrogens (primary N) is 1. The van der Waals surface area contributed by atoms with Gasteiger partial charge in [0.25, 0.3) is 11.7 Å². The van der Waals surface area contributed by atoms with Crippen LogP contribution in [0.2, 0.25) is 0 Å². The third kappa shape index (κ3) is 4.29. The Morgan fingerprint density at radius 3 is 2.64 bits per heavy atom. The van der Waals surface area contributed by atoms with Crippen molar-refractivity contribution in [2.24, 2.45) is 5.73 Å². The number of hydrogen-bond donors (Lipinski definition) is 1. The van der Waals surface area contributed by atoms with Gasteiger partial charge in [-0.1, -0.05) is 6.92 Å². The normalized spacial score (nSPS) is 17.0. The monoisotopic (exact) mass is 348 g/mol. The first kappa shape index (κ1) is 18.8. The summed E-state index contributed by atoms with van der Waals surface area (Å²) in [7, 11) is 1.51. The molecule has 2 rings (SSSR count). The zero-order chi connectivity index (χ0) is 18.4. The lowest BCUT2D eigenvalue weighted by Crippen LogP contribution is -2.52. The number of hydrogen-bond acceptors (Lipinski definition) is 5. The van der Waals surface area contributed by atoms with E-state index in [2.05, 4.69) is 0 Å². The molecule has 1 aliphatic heterocycles. The molecule has 7 nitrogen and oxygen atoms in total. The number of methoxy groups -OCH3 is 1. The Bertz CT molecular complexity index is 659. The average molecular weight is 348 g/mol. The first-order chi connectivity index (χ1) is 12.0. The highest BCUT2D eigenvalue weighted by molar-refractivity contribution is 6.43. The van der Waals surface area contributed by atoms with Crippen LogP contribution >= 0.6 is 0 Å². The van der Waals surface area contributed by atoms with Crippen LogP contribution in [-0.2, 0) is 9.59 Å². The highest BCUT2D eigenvalue weighted by atomic mass is 16.5. The maximum atomic E-state index is 12.6. The number of nitrogens with zero attached hydrogens (tertiary/aromatic N) is 1. The van der Waals surface area contributed by atoms with Gasteiger partial charge in [-0.15, -0.1) is 0 Å². The molecule has 0 aliphatic carbocycles. The van der Waals surface area contributed by atoms with Crippen molar-refractivity contribution >= 4 is 17.6 Å². The second-order valence-corrected chi connectivity index (χ2v) is 5.96. The van der Waals surface area contributed by atoms with Crippen molar-refractivity contribution in [1.29, 1.82) is 0 Å². The van der Waals surface area contributed by atoms with Crippen LogP contribution in [0.5, 0.6) is 11.5 Å². The number of carbonyl (C=O) groups is 3. The number of primary amides is 1. The van der Waals surface area contributed by atoms with E-state index in [0.717, 1.165) is 19.3 Å². The van der Waals surface area contributed by atoms with Crippen LogP contribution in [0.4, 0.5) is 0 Å². The summed E-state index contributed by atoms with van der Waals surface area (Å²) in [6, 6.07) is 3.88. The van der Waals surface area contributed by atoms with Gasteiger partial charge in [0.2, 0.25) is 5.91 Å². The number of carbonyl (C=O) groups excluding carboxylic acids is 3. The quantitative estimate of drug-likeness (QED) is 0.595. The number of rotatable bonds is 7. The molecule has 0 saturated carbocycles. The summed E-state index contributed by atoms with van der Waals surface area (Å²) in [5, 5.41) is 0. The van der Waals surface area contributed by atoms with Crippen LogP contribution < -0.4 is 15.2 Å². The van der Waals surface area contributed by atoms with E-state index >= 15 is 0 Å². The Kier molecular flexibility index (Phi) is 6.38. The standard InChI is InChI=1S/C18H24N2O5/c1-3-10-25-15-11-12(7-8-14(15)24-2)16(21)18(23)20-9-5-4-6-13(20)17(19)22/h7-8,11,13H,3-6,9-10H2,1-2H3,(H2,19,22)/t13-/m0/s1. The summed E-state index contributed by atoms with van der Waals surface area (Å²) in [6.07, 6.45) is 2.84. The van der Waals surface area contributed by atoms with Gasteiger partial charge in [0, 0.05) is 12.1 Å². The van der Waals surface area contributed by atoms with Crippen LogP contribution in [-0.4, -0.2) is 48.8 Å². The minimum atomic E-state index is -0.723. The van der Waals surface area contributed by atoms with E-state index in [-0.39, 0.29) is 5.56 Å². The second kappa shape index (κ2) is 8.50. The fraction of sp³-hybridized carbons (Fsp3) is 0.500. The second-order valence-electron chi connectivity index (χ2n) is 5.96. The highest BCUT2D eigenvalue weighted by Crippen LogP contribution is 2.29. The molecule has 1 aromatic rings. The van der Waals surface area contributed by atoms with E-state index in [9.17, 15) is 14.4 Å². The molecule has 2 N–H and O–H groups in total. The maximum Gasteiger partial charge on any atom is 0.295 e. The molecule has 1 aliphatic rings. The fourth-order valence-electron chi connectivity index (χ4n) is 2.87. The Labute approximate surface area is 147 Å². The predicted octanol–water partition coefficient (Wildman–Crippen LogP) is 1.53. The van der Waals surface area contributed by atoms with Crippen molar-refractivity contribution in [2.75, 3.05) is 20.3 Å². The third-order valence-corrected chi connectivity index (χ3v) is 4.17. The summed E-state index contributed by atoms with van der Waals surface area (Å²) < 4.78 is 10.8. The van der Waals surface area contributed by atoms with Gasteiger partial charge in [-0.25, -0.2) is 0 Å². The smallest absolute Gasteiger partial charge is 0.295 e. The van der Waals surface area contributed by atoms with Crippen molar-refractivity contribution in [3.63, 3.8) is 0 Å². The predicted molar refractivity (Wildman–Crippen MR) is 91.7 cm³/mol. The van der Waals surface area contributed by atoms with E-state index in [1.807, 2.05) is 6.92 Å². The number of likely N-dealkylation sites (tertiary alicyclic amines) is 1. The van der Waals surface area contributed by atoms with E-state index in [1.54, 1.807) is 6.07 Å². The summed E-state index contributed by atoms with van der Waals surface area (Å²) in [5.74, 6) is -1.08. The van der Waals surface area contributed by atoms with Crippen LogP contribution in [0.1, 0.15) is 43.0 Å². The van der Waals surface area contributed by atoms with Gasteiger partial charge in [0.05, 0.1) is 13.7 Å². The van der Waals surface area contributed by atoms with Gasteiger partial charge in [-0.05, 0) is 43.9 Å². The van der Waals surface area contributed by atoms with Crippen LogP contribution in [0.3, 0.4) is 0 Å². The van der Waals surface area contributed by atoms with Crippen molar-refractivity contribution in [3.05, 3.63) is 23.8 Å². The zero-order valence-electron chi connectivity index (χ0n) is 14.6. The molecule has 1 atom stereocenters. The molecule has 0 aromatic heterocycles. The molecule has 25 heavy (non-hydrogen) atoms. The summed E-state index contributed by atoms with van der Waals surface area (Å²) in [4.78, 5) is 38.0. The SMILES string of the molecule is CCCOc1cc(C(=O)C(=O)N2CCCC[C@H]2C(N)=O)ccc1OC. The topological polar surface area (TPSA) is 98.9 Å². The largest absolute Gasteiger partial charge is 0.493 e. The van der Waals surface area contributed by atoms with Crippen molar-refractivity contribution in [3.8, 4) is 11.5 Å². The van der Waals surface area contributed by atoms with E-state index < -0.39 is 23.6 Å². The van der Waals surface area contributed by atoms with Crippen LogP contribution in [0.25, 0.3) is 0 Å². The van der Waals surface area contributed by atoms with E-state index in [1.165, 1.54) is 24.1 Å². The number of amides is 2. The lowest BCUT2D eigenvalue weighted by molar-refractivity contribution is -0.137. The Morgan fingerprint density at radius 1 is 1.24 bits per heavy atom. The molecule has 0 spiro atoms. The summed E-state index contributed by atoms with van der Waals surface area (Å²) >= 11 is 0. The van der Waals surface area contributed by atoms with E-state index in [0.29, 0.717) is 31.1 Å². The molecule has 0 bridgehead atoms. The molecule has 7 heteroatoms. The number of ether oxygens (including phenoxy) is 2. The fourth-order valence-corrected chi connectivity index (χ4v) is 2.87. The van der Waals surface area contributed by atoms with Crippen molar-refractivity contribution in [1.82, 2.24) is 4.90 Å². The molecule has 1 fully saturated rings. The van der Waals surface area contributed by atoms with Crippen LogP contribution in [0, 0.1) is 0 Å². The number of Topliss-reactive ketones (excluding diaryl/α,β-unsaturated/α-hetero) is 1. The summed E-state index contributed by atoms with van der Waals surface area (Å²) in [5.41, 5.74) is 5.57. The molecule has 0 radical (unpaired) electrons. The first-order valence-electron chi connectivity index (χ1n) is 8.45. The minimum Gasteiger partial charge on any atom is -0.493 e. The van der Waals surface area contributed by atoms with Gasteiger partial charge >= 0.3 is 0 Å². The highest BCUT2D eigenvalue weighted by Gasteiger charge is 2.34. The molecule has 1 aromatic carbocycles. The lowest BCUT2D eigenvalue weighted by atomic mass is 10.00. The molecule has 0 unspecified atom stereocenters. The molecular formula is C18H24N2O5. The van der Waals surface area contributed by atoms with Crippen molar-refractivity contribution in [2.45, 2.75) is 38.6 Å². The Balaban J connectivity index is 2.23. The lowest BCUT2D eigenvalue weighted by Gasteiger charge is -2.33. The van der Waals surface area contributed by atoms with Gasteiger partial charge in [0.1, 0.15) is 6.04 Å². The van der Waals surface area contributed by atoms with E-state index in [4.69, 9.17) is 15.2 Å².